The van der Waals surface area contributed by atoms with E-state index in [9.17, 15) is 9.18 Å². The molecule has 0 saturated carbocycles. The van der Waals surface area contributed by atoms with E-state index >= 15 is 0 Å². The van der Waals surface area contributed by atoms with Gasteiger partial charge in [-0.1, -0.05) is 36.4 Å². The van der Waals surface area contributed by atoms with Gasteiger partial charge in [-0.05, 0) is 47.9 Å². The molecule has 1 heterocycles. The Bertz CT molecular complexity index is 871. The quantitative estimate of drug-likeness (QED) is 0.693. The maximum Gasteiger partial charge on any atom is 0.315 e. The zero-order valence-electron chi connectivity index (χ0n) is 14.7. The second kappa shape index (κ2) is 8.34. The van der Waals surface area contributed by atoms with Crippen molar-refractivity contribution in [3.63, 3.8) is 0 Å². The molecule has 0 bridgehead atoms. The predicted molar refractivity (Wildman–Crippen MR) is 100 cm³/mol. The number of benzene rings is 2. The number of hydrogen-bond donors (Lipinski definition) is 2. The first kappa shape index (κ1) is 17.7. The summed E-state index contributed by atoms with van der Waals surface area (Å²) in [5, 5.41) is 5.64. The summed E-state index contributed by atoms with van der Waals surface area (Å²) in [7, 11) is 0. The summed E-state index contributed by atoms with van der Waals surface area (Å²) in [6.07, 6.45) is 2.01. The van der Waals surface area contributed by atoms with E-state index in [1.54, 1.807) is 12.1 Å². The third kappa shape index (κ3) is 4.72. The number of urea groups is 1. The summed E-state index contributed by atoms with van der Waals surface area (Å²) in [6.45, 7) is 3.66. The Morgan fingerprint density at radius 2 is 1.69 bits per heavy atom. The van der Waals surface area contributed by atoms with Gasteiger partial charge in [0.05, 0.1) is 6.54 Å². The van der Waals surface area contributed by atoms with Crippen molar-refractivity contribution in [3.05, 3.63) is 95.1 Å². The molecule has 3 aromatic rings. The molecular formula is C21H22FN3O. The molecule has 0 aliphatic heterocycles. The maximum atomic E-state index is 12.9. The maximum absolute atomic E-state index is 12.9. The average Bonchev–Trinajstić information content (AvgIpc) is 3.08. The lowest BCUT2D eigenvalue weighted by molar-refractivity contribution is 0.240. The van der Waals surface area contributed by atoms with Crippen molar-refractivity contribution in [1.82, 2.24) is 15.2 Å². The Morgan fingerprint density at radius 3 is 2.46 bits per heavy atom. The largest absolute Gasteiger partial charge is 0.345 e. The number of rotatable bonds is 6. The van der Waals surface area contributed by atoms with Gasteiger partial charge in [0.2, 0.25) is 0 Å². The Labute approximate surface area is 152 Å². The molecule has 1 aromatic heterocycles. The van der Waals surface area contributed by atoms with Crippen LogP contribution in [0.1, 0.15) is 22.4 Å². The van der Waals surface area contributed by atoms with Gasteiger partial charge in [-0.25, -0.2) is 9.18 Å². The van der Waals surface area contributed by atoms with Crippen LogP contribution in [0.5, 0.6) is 0 Å². The van der Waals surface area contributed by atoms with Crippen molar-refractivity contribution in [2.75, 3.05) is 0 Å². The van der Waals surface area contributed by atoms with Crippen molar-refractivity contribution in [1.29, 1.82) is 0 Å². The molecule has 0 fully saturated rings. The Balaban J connectivity index is 1.52. The van der Waals surface area contributed by atoms with E-state index in [2.05, 4.69) is 34.3 Å². The van der Waals surface area contributed by atoms with Crippen LogP contribution in [0.2, 0.25) is 0 Å². The van der Waals surface area contributed by atoms with Crippen molar-refractivity contribution >= 4 is 6.03 Å². The molecule has 0 radical (unpaired) electrons. The fraction of sp³-hybridized carbons (Fsp3) is 0.190. The molecule has 3 rings (SSSR count). The molecular weight excluding hydrogens is 329 g/mol. The first-order valence-electron chi connectivity index (χ1n) is 8.56. The molecule has 0 aliphatic carbocycles. The van der Waals surface area contributed by atoms with Crippen LogP contribution in [0, 0.1) is 12.7 Å². The predicted octanol–water partition coefficient (Wildman–Crippen LogP) is 3.98. The molecule has 0 unspecified atom stereocenters. The number of carbonyl (C=O) groups excluding carboxylic acids is 1. The van der Waals surface area contributed by atoms with E-state index in [-0.39, 0.29) is 11.8 Å². The van der Waals surface area contributed by atoms with Crippen LogP contribution in [0.25, 0.3) is 0 Å². The smallest absolute Gasteiger partial charge is 0.315 e. The normalized spacial score (nSPS) is 10.5. The zero-order valence-corrected chi connectivity index (χ0v) is 14.7. The summed E-state index contributed by atoms with van der Waals surface area (Å²) < 4.78 is 15.0. The molecule has 134 valence electrons. The summed E-state index contributed by atoms with van der Waals surface area (Å²) in [5.74, 6) is -0.285. The average molecular weight is 351 g/mol. The van der Waals surface area contributed by atoms with Gasteiger partial charge in [0, 0.05) is 25.0 Å². The van der Waals surface area contributed by atoms with Gasteiger partial charge >= 0.3 is 6.03 Å². The van der Waals surface area contributed by atoms with E-state index in [1.165, 1.54) is 23.3 Å². The number of carbonyl (C=O) groups is 1. The first-order valence-corrected chi connectivity index (χ1v) is 8.56. The number of aromatic nitrogens is 1. The fourth-order valence-electron chi connectivity index (χ4n) is 2.75. The lowest BCUT2D eigenvalue weighted by atomic mass is 10.1. The topological polar surface area (TPSA) is 46.1 Å². The van der Waals surface area contributed by atoms with Gasteiger partial charge in [-0.2, -0.15) is 0 Å². The molecule has 0 saturated heterocycles. The van der Waals surface area contributed by atoms with Crippen LogP contribution < -0.4 is 10.6 Å². The third-order valence-electron chi connectivity index (χ3n) is 4.32. The highest BCUT2D eigenvalue weighted by atomic mass is 19.1. The van der Waals surface area contributed by atoms with Gasteiger partial charge in [-0.3, -0.25) is 0 Å². The Kier molecular flexibility index (Phi) is 5.69. The highest BCUT2D eigenvalue weighted by molar-refractivity contribution is 5.73. The van der Waals surface area contributed by atoms with E-state index in [0.717, 1.165) is 17.8 Å². The molecule has 0 spiro atoms. The summed E-state index contributed by atoms with van der Waals surface area (Å²) in [6, 6.07) is 18.1. The third-order valence-corrected chi connectivity index (χ3v) is 4.32. The molecule has 0 aliphatic rings. The van der Waals surface area contributed by atoms with Gasteiger partial charge in [0.1, 0.15) is 5.82 Å². The second-order valence-corrected chi connectivity index (χ2v) is 6.22. The van der Waals surface area contributed by atoms with Crippen molar-refractivity contribution in [2.24, 2.45) is 0 Å². The van der Waals surface area contributed by atoms with Crippen molar-refractivity contribution in [3.8, 4) is 0 Å². The molecule has 4 nitrogen and oxygen atoms in total. The van der Waals surface area contributed by atoms with Gasteiger partial charge in [-0.15, -0.1) is 0 Å². The number of nitrogens with zero attached hydrogens (tertiary/aromatic N) is 1. The summed E-state index contributed by atoms with van der Waals surface area (Å²) in [5.41, 5.74) is 4.39. The summed E-state index contributed by atoms with van der Waals surface area (Å²) in [4.78, 5) is 12.0. The van der Waals surface area contributed by atoms with Gasteiger partial charge < -0.3 is 15.2 Å². The van der Waals surface area contributed by atoms with Crippen LogP contribution >= 0.6 is 0 Å². The van der Waals surface area contributed by atoms with Crippen LogP contribution in [0.4, 0.5) is 9.18 Å². The highest BCUT2D eigenvalue weighted by Gasteiger charge is 2.06. The molecule has 2 aromatic carbocycles. The number of hydrogen-bond acceptors (Lipinski definition) is 1. The molecule has 2 amide bonds. The van der Waals surface area contributed by atoms with E-state index < -0.39 is 0 Å². The van der Waals surface area contributed by atoms with Crippen LogP contribution in [-0.2, 0) is 19.6 Å². The minimum Gasteiger partial charge on any atom is -0.345 e. The monoisotopic (exact) mass is 351 g/mol. The summed E-state index contributed by atoms with van der Waals surface area (Å²) >= 11 is 0. The highest BCUT2D eigenvalue weighted by Crippen LogP contribution is 2.12. The Morgan fingerprint density at radius 1 is 0.962 bits per heavy atom. The SMILES string of the molecule is Cc1ccccc1Cn1cccc1CNC(=O)NCc1ccc(F)cc1. The van der Waals surface area contributed by atoms with E-state index in [0.29, 0.717) is 13.1 Å². The fourth-order valence-corrected chi connectivity index (χ4v) is 2.75. The van der Waals surface area contributed by atoms with Crippen LogP contribution in [0.3, 0.4) is 0 Å². The number of nitrogens with one attached hydrogen (secondary N) is 2. The Hall–Kier alpha value is -3.08. The lowest BCUT2D eigenvalue weighted by Gasteiger charge is -2.13. The van der Waals surface area contributed by atoms with Crippen LogP contribution in [0.15, 0.2) is 66.9 Å². The molecule has 26 heavy (non-hydrogen) atoms. The number of amides is 2. The van der Waals surface area contributed by atoms with Gasteiger partial charge in [0.25, 0.3) is 0 Å². The van der Waals surface area contributed by atoms with Crippen molar-refractivity contribution in [2.45, 2.75) is 26.6 Å². The number of aryl methyl sites for hydroxylation is 1. The van der Waals surface area contributed by atoms with Gasteiger partial charge in [0.15, 0.2) is 0 Å². The second-order valence-electron chi connectivity index (χ2n) is 6.22. The first-order chi connectivity index (χ1) is 12.6. The molecule has 5 heteroatoms. The number of halogens is 1. The standard InChI is InChI=1S/C21H22FN3O/c1-16-5-2-3-6-18(16)15-25-12-4-7-20(25)14-24-21(26)23-13-17-8-10-19(22)11-9-17/h2-12H,13-15H2,1H3,(H2,23,24,26). The zero-order chi connectivity index (χ0) is 18.4. The molecule has 0 atom stereocenters. The van der Waals surface area contributed by atoms with E-state index in [1.807, 2.05) is 30.5 Å². The minimum atomic E-state index is -0.285. The molecule has 2 N–H and O–H groups in total. The minimum absolute atomic E-state index is 0.252. The van der Waals surface area contributed by atoms with E-state index in [4.69, 9.17) is 0 Å². The lowest BCUT2D eigenvalue weighted by Crippen LogP contribution is -2.35. The van der Waals surface area contributed by atoms with Crippen molar-refractivity contribution < 1.29 is 9.18 Å². The van der Waals surface area contributed by atoms with Crippen LogP contribution in [-0.4, -0.2) is 10.6 Å².